The summed E-state index contributed by atoms with van der Waals surface area (Å²) >= 11 is 0. The third-order valence-corrected chi connectivity index (χ3v) is 19.4. The molecule has 0 saturated carbocycles. The Hall–Kier alpha value is -8.34. The number of amides is 2. The monoisotopic (exact) mass is 1210 g/mol. The van der Waals surface area contributed by atoms with E-state index in [1.54, 1.807) is 4.90 Å². The van der Waals surface area contributed by atoms with Crippen molar-refractivity contribution in [1.29, 1.82) is 0 Å². The lowest BCUT2D eigenvalue weighted by Gasteiger charge is -2.28. The van der Waals surface area contributed by atoms with Crippen molar-refractivity contribution in [3.05, 3.63) is 143 Å². The molecule has 16 nitrogen and oxygen atoms in total. The summed E-state index contributed by atoms with van der Waals surface area (Å²) in [7, 11) is 0. The molecule has 2 amide bonds. The first-order valence-electron chi connectivity index (χ1n) is 33.1. The van der Waals surface area contributed by atoms with Crippen LogP contribution in [0, 0.1) is 0 Å². The van der Waals surface area contributed by atoms with Crippen molar-refractivity contribution < 1.29 is 27.9 Å². The van der Waals surface area contributed by atoms with Crippen molar-refractivity contribution in [3.63, 3.8) is 0 Å². The van der Waals surface area contributed by atoms with Gasteiger partial charge in [0.25, 0.3) is 0 Å². The van der Waals surface area contributed by atoms with Gasteiger partial charge in [0.2, 0.25) is 0 Å². The van der Waals surface area contributed by atoms with Gasteiger partial charge in [0.15, 0.2) is 0 Å². The molecule has 8 aromatic rings. The van der Waals surface area contributed by atoms with E-state index in [1.165, 1.54) is 86.0 Å². The quantitative estimate of drug-likeness (QED) is 0.114. The molecule has 0 bridgehead atoms. The lowest BCUT2D eigenvalue weighted by Crippen LogP contribution is -2.43. The number of ether oxygens (including phenoxy) is 2. The zero-order valence-electron chi connectivity index (χ0n) is 52.8. The Balaban J connectivity index is 0.000000157. The van der Waals surface area contributed by atoms with E-state index in [2.05, 4.69) is 105 Å². The molecule has 10 heterocycles. The van der Waals surface area contributed by atoms with Gasteiger partial charge in [0, 0.05) is 99.9 Å². The van der Waals surface area contributed by atoms with Crippen molar-refractivity contribution in [2.45, 2.75) is 180 Å². The molecule has 4 atom stereocenters. The molecule has 0 unspecified atom stereocenters. The van der Waals surface area contributed by atoms with E-state index in [0.717, 1.165) is 165 Å². The number of aryl methyl sites for hydroxylation is 4. The second-order valence-corrected chi connectivity index (χ2v) is 27.9. The van der Waals surface area contributed by atoms with Crippen LogP contribution in [0.4, 0.5) is 9.59 Å². The highest BCUT2D eigenvalue weighted by Gasteiger charge is 2.38. The third-order valence-electron chi connectivity index (χ3n) is 19.4. The van der Waals surface area contributed by atoms with Crippen LogP contribution in [0.1, 0.15) is 176 Å². The van der Waals surface area contributed by atoms with E-state index in [-0.39, 0.29) is 24.3 Å². The third kappa shape index (κ3) is 11.4. The average Bonchev–Trinajstić information content (AvgIpc) is 2.00. The molecule has 16 heteroatoms. The highest BCUT2D eigenvalue weighted by molar-refractivity contribution is 6.04. The van der Waals surface area contributed by atoms with E-state index < -0.39 is 11.2 Å². The number of carbonyl (C=O) groups excluding carboxylic acids is 2. The molecular formula is C74H82N10O6. The van der Waals surface area contributed by atoms with E-state index in [1.807, 2.05) is 65.0 Å². The summed E-state index contributed by atoms with van der Waals surface area (Å²) in [4.78, 5) is 55.7. The molecule has 2 aliphatic carbocycles. The summed E-state index contributed by atoms with van der Waals surface area (Å²) in [6, 6.07) is 27.2. The number of hydrogen-bond donors (Lipinski definition) is 4. The minimum Gasteiger partial charge on any atom is -0.456 e. The summed E-state index contributed by atoms with van der Waals surface area (Å²) < 4.78 is 24.5. The molecule has 4 aromatic carbocycles. The number of aromatic nitrogens is 4. The number of hydrogen-bond acceptors (Lipinski definition) is 12. The van der Waals surface area contributed by atoms with Gasteiger partial charge in [-0.3, -0.25) is 19.8 Å². The fourth-order valence-corrected chi connectivity index (χ4v) is 15.0. The molecule has 4 aromatic heterocycles. The van der Waals surface area contributed by atoms with Gasteiger partial charge < -0.3 is 38.9 Å². The second-order valence-electron chi connectivity index (χ2n) is 27.9. The van der Waals surface area contributed by atoms with Crippen LogP contribution in [0.15, 0.2) is 116 Å². The fraction of sp³-hybridized carbons (Fsp3) is 0.432. The Morgan fingerprint density at radius 3 is 1.56 bits per heavy atom. The van der Waals surface area contributed by atoms with Crippen LogP contribution in [0.25, 0.3) is 78.2 Å². The molecule has 16 rings (SSSR count). The summed E-state index contributed by atoms with van der Waals surface area (Å²) in [6.07, 6.45) is 23.6. The molecule has 90 heavy (non-hydrogen) atoms. The van der Waals surface area contributed by atoms with Crippen LogP contribution < -0.4 is 10.6 Å². The molecule has 0 spiro atoms. The summed E-state index contributed by atoms with van der Waals surface area (Å²) in [5, 5.41) is 9.48. The number of aromatic amines is 2. The number of nitrogens with zero attached hydrogens (tertiary/aromatic N) is 6. The molecule has 4 saturated heterocycles. The highest BCUT2D eigenvalue weighted by atomic mass is 16.6. The predicted octanol–water partition coefficient (Wildman–Crippen LogP) is 16.0. The molecule has 6 aliphatic heterocycles. The maximum Gasteiger partial charge on any atom is 0.410 e. The largest absolute Gasteiger partial charge is 0.456 e. The lowest BCUT2D eigenvalue weighted by molar-refractivity contribution is 0.0216. The average molecular weight is 1210 g/mol. The Bertz CT molecular complexity index is 4240. The van der Waals surface area contributed by atoms with Gasteiger partial charge in [-0.1, -0.05) is 36.4 Å². The molecule has 464 valence electrons. The first-order valence-corrected chi connectivity index (χ1v) is 33.1. The topological polar surface area (TPSA) is 191 Å². The maximum atomic E-state index is 12.9. The first-order chi connectivity index (χ1) is 43.6. The lowest BCUT2D eigenvalue weighted by atomic mass is 9.94. The van der Waals surface area contributed by atoms with Crippen molar-refractivity contribution in [1.82, 2.24) is 40.4 Å². The zero-order chi connectivity index (χ0) is 61.4. The van der Waals surface area contributed by atoms with Gasteiger partial charge in [-0.25, -0.2) is 19.6 Å². The number of benzene rings is 4. The Labute approximate surface area is 526 Å². The number of fused-ring (bicyclic) bond motifs is 10. The number of furan rings is 2. The number of imidazole rings is 2. The molecule has 4 N–H and O–H groups in total. The van der Waals surface area contributed by atoms with Crippen molar-refractivity contribution in [2.75, 3.05) is 26.2 Å². The van der Waals surface area contributed by atoms with Crippen molar-refractivity contribution >= 4 is 56.7 Å². The Kier molecular flexibility index (Phi) is 15.1. The van der Waals surface area contributed by atoms with Gasteiger partial charge >= 0.3 is 12.2 Å². The zero-order valence-corrected chi connectivity index (χ0v) is 52.8. The van der Waals surface area contributed by atoms with Crippen LogP contribution in [0.5, 0.6) is 0 Å². The maximum absolute atomic E-state index is 12.9. The summed E-state index contributed by atoms with van der Waals surface area (Å²) in [5.74, 6) is 3.83. The molecular weight excluding hydrogens is 1120 g/mol. The minimum atomic E-state index is -0.546. The van der Waals surface area contributed by atoms with Crippen LogP contribution in [-0.4, -0.2) is 103 Å². The number of carbonyl (C=O) groups is 2. The smallest absolute Gasteiger partial charge is 0.410 e. The van der Waals surface area contributed by atoms with E-state index >= 15 is 0 Å². The van der Waals surface area contributed by atoms with Gasteiger partial charge in [0.1, 0.15) is 45.5 Å². The van der Waals surface area contributed by atoms with Gasteiger partial charge in [-0.15, -0.1) is 0 Å². The first kappa shape index (κ1) is 58.1. The van der Waals surface area contributed by atoms with E-state index in [4.69, 9.17) is 33.3 Å². The second kappa shape index (κ2) is 23.5. The highest BCUT2D eigenvalue weighted by Crippen LogP contribution is 2.45. The number of rotatable bonds is 8. The SMILES string of the molecule is C1=C(c2ccc3c(c2)CCCc2c-3oc3ccc(-c4cnc([C@@H]5CCCN5)[nH]4)cc23)CC([C@@H]2CCCN2)=N1.CC(C)(C)OC(=O)N1CCC[C@H]1C1=NC=C(c2ccc3c(c2)CCCc2c-3oc3ccc(-c4cnc([C@@H]5CCCN5C(=O)OC(C)(C)C)[nH]4)cc23)C1. The van der Waals surface area contributed by atoms with E-state index in [0.29, 0.717) is 25.2 Å². The van der Waals surface area contributed by atoms with Gasteiger partial charge in [-0.2, -0.15) is 0 Å². The number of likely N-dealkylation sites (tertiary alicyclic amines) is 2. The van der Waals surface area contributed by atoms with E-state index in [9.17, 15) is 9.59 Å². The fourth-order valence-electron chi connectivity index (χ4n) is 15.0. The van der Waals surface area contributed by atoms with Gasteiger partial charge in [0.05, 0.1) is 41.9 Å². The molecule has 4 fully saturated rings. The van der Waals surface area contributed by atoms with Gasteiger partial charge in [-0.05, 0) is 214 Å². The summed E-state index contributed by atoms with van der Waals surface area (Å²) in [6.45, 7) is 14.9. The standard InChI is InChI=1S/C42H49N5O5.C32H33N5O/c1-41(2,3)51-39(48)46-18-8-12-34(46)32-22-28(23-43-32)25-14-16-29-26(20-25)10-7-11-30-31-21-27(15-17-36(31)50-37(29)30)33-24-44-38(45-33)35-13-9-19-47(35)40(49)52-42(4,5)6;1-4-20-14-19(22-16-28(35-17-22)26-6-2-12-33-26)8-10-23(20)31-24(5-1)25-15-21(9-11-30(25)38-31)29-18-36-32(37-29)27-7-3-13-34-27/h14-17,20-21,23-24,34-35H,7-13,18-19,22H2,1-6H3,(H,44,45);8-11,14-15,17-18,26-27,33-34H,1-7,12-13,16H2,(H,36,37)/t34-,35-;26-,27-/m00/s1. The minimum absolute atomic E-state index is 0.0181. The number of nitrogens with one attached hydrogen (secondary N) is 4. The Morgan fingerprint density at radius 1 is 0.522 bits per heavy atom. The summed E-state index contributed by atoms with van der Waals surface area (Å²) in [5.41, 5.74) is 19.9. The Morgan fingerprint density at radius 2 is 1.01 bits per heavy atom. The number of H-pyrrole nitrogens is 2. The molecule has 0 radical (unpaired) electrons. The van der Waals surface area contributed by atoms with Crippen LogP contribution in [-0.2, 0) is 35.2 Å². The normalized spacial score (nSPS) is 21.4. The molecule has 8 aliphatic rings. The number of aliphatic imine (C=N–C) groups is 2. The van der Waals surface area contributed by atoms with Crippen LogP contribution >= 0.6 is 0 Å². The van der Waals surface area contributed by atoms with Crippen molar-refractivity contribution in [2.24, 2.45) is 9.98 Å². The van der Waals surface area contributed by atoms with Crippen LogP contribution in [0.2, 0.25) is 0 Å². The van der Waals surface area contributed by atoms with Crippen molar-refractivity contribution in [3.8, 4) is 45.2 Å². The van der Waals surface area contributed by atoms with Crippen LogP contribution in [0.3, 0.4) is 0 Å². The predicted molar refractivity (Wildman–Crippen MR) is 354 cm³/mol. The number of allylic oxidation sites excluding steroid dienone is 2.